The van der Waals surface area contributed by atoms with Crippen LogP contribution < -0.4 is 11.5 Å². The Kier molecular flexibility index (Phi) is 4.10. The number of nitrogen functional groups attached to an aromatic ring is 2. The van der Waals surface area contributed by atoms with Gasteiger partial charge in [0.15, 0.2) is 0 Å². The minimum Gasteiger partial charge on any atom is -0.399 e. The number of rotatable bonds is 4. The molecular formula is C20H20N2. The summed E-state index contributed by atoms with van der Waals surface area (Å²) in [7, 11) is 0. The molecule has 0 bridgehead atoms. The molecule has 0 amide bonds. The lowest BCUT2D eigenvalue weighted by atomic mass is 10.00. The van der Waals surface area contributed by atoms with E-state index in [-0.39, 0.29) is 0 Å². The van der Waals surface area contributed by atoms with Crippen LogP contribution in [0.15, 0.2) is 72.8 Å². The lowest BCUT2D eigenvalue weighted by molar-refractivity contribution is 1.15. The number of hydrogen-bond donors (Lipinski definition) is 2. The molecule has 0 atom stereocenters. The summed E-state index contributed by atoms with van der Waals surface area (Å²) in [5.41, 5.74) is 18.3. The van der Waals surface area contributed by atoms with Crippen LogP contribution in [0, 0.1) is 0 Å². The second kappa shape index (κ2) is 6.35. The molecule has 3 aromatic carbocycles. The minimum absolute atomic E-state index is 0.816. The van der Waals surface area contributed by atoms with Crippen molar-refractivity contribution in [2.45, 2.75) is 12.8 Å². The Morgan fingerprint density at radius 2 is 0.909 bits per heavy atom. The van der Waals surface area contributed by atoms with Crippen LogP contribution in [0.3, 0.4) is 0 Å². The first-order valence-corrected chi connectivity index (χ1v) is 7.46. The Labute approximate surface area is 131 Å². The largest absolute Gasteiger partial charge is 0.399 e. The molecule has 2 nitrogen and oxygen atoms in total. The summed E-state index contributed by atoms with van der Waals surface area (Å²) in [5.74, 6) is 0. The van der Waals surface area contributed by atoms with Crippen LogP contribution in [0.5, 0.6) is 0 Å². The van der Waals surface area contributed by atoms with Gasteiger partial charge in [0.25, 0.3) is 0 Å². The number of hydrogen-bond acceptors (Lipinski definition) is 2. The smallest absolute Gasteiger partial charge is 0.0316 e. The highest BCUT2D eigenvalue weighted by Crippen LogP contribution is 2.16. The fourth-order valence-electron chi connectivity index (χ4n) is 2.65. The standard InChI is InChI=1S/C20H20N2/c21-19-5-1-3-17(13-19)11-15-7-9-16(10-8-15)12-18-4-2-6-20(22)14-18/h1-10,13-14H,11-12,21-22H2. The molecule has 0 unspecified atom stereocenters. The molecule has 3 rings (SSSR count). The summed E-state index contributed by atoms with van der Waals surface area (Å²) in [5, 5.41) is 0. The summed E-state index contributed by atoms with van der Waals surface area (Å²) in [6.07, 6.45) is 1.81. The van der Waals surface area contributed by atoms with Gasteiger partial charge in [0.1, 0.15) is 0 Å². The molecule has 0 aliphatic heterocycles. The van der Waals surface area contributed by atoms with Crippen molar-refractivity contribution < 1.29 is 0 Å². The van der Waals surface area contributed by atoms with Crippen LogP contribution in [-0.4, -0.2) is 0 Å². The van der Waals surface area contributed by atoms with Crippen molar-refractivity contribution in [3.8, 4) is 0 Å². The second-order valence-corrected chi connectivity index (χ2v) is 5.66. The van der Waals surface area contributed by atoms with E-state index in [0.29, 0.717) is 0 Å². The van der Waals surface area contributed by atoms with E-state index in [1.807, 2.05) is 36.4 Å². The molecule has 0 radical (unpaired) electrons. The van der Waals surface area contributed by atoms with Crippen molar-refractivity contribution in [1.82, 2.24) is 0 Å². The molecule has 2 heteroatoms. The summed E-state index contributed by atoms with van der Waals surface area (Å²) in [4.78, 5) is 0. The molecule has 3 aromatic rings. The molecule has 0 aromatic heterocycles. The van der Waals surface area contributed by atoms with Crippen LogP contribution >= 0.6 is 0 Å². The van der Waals surface area contributed by atoms with Gasteiger partial charge < -0.3 is 11.5 Å². The van der Waals surface area contributed by atoms with Crippen molar-refractivity contribution in [2.24, 2.45) is 0 Å². The summed E-state index contributed by atoms with van der Waals surface area (Å²) in [6, 6.07) is 24.8. The topological polar surface area (TPSA) is 52.0 Å². The number of benzene rings is 3. The average molecular weight is 288 g/mol. The van der Waals surface area contributed by atoms with E-state index in [9.17, 15) is 0 Å². The third kappa shape index (κ3) is 3.67. The molecule has 0 saturated carbocycles. The van der Waals surface area contributed by atoms with Crippen molar-refractivity contribution in [3.63, 3.8) is 0 Å². The van der Waals surface area contributed by atoms with Gasteiger partial charge in [0, 0.05) is 11.4 Å². The molecule has 0 saturated heterocycles. The predicted octanol–water partition coefficient (Wildman–Crippen LogP) is 4.03. The van der Waals surface area contributed by atoms with Gasteiger partial charge in [0.2, 0.25) is 0 Å². The zero-order chi connectivity index (χ0) is 15.4. The van der Waals surface area contributed by atoms with Gasteiger partial charge >= 0.3 is 0 Å². The van der Waals surface area contributed by atoms with E-state index < -0.39 is 0 Å². The third-order valence-electron chi connectivity index (χ3n) is 3.74. The van der Waals surface area contributed by atoms with Gasteiger partial charge in [0.05, 0.1) is 0 Å². The first kappa shape index (κ1) is 14.2. The van der Waals surface area contributed by atoms with Crippen molar-refractivity contribution in [2.75, 3.05) is 11.5 Å². The van der Waals surface area contributed by atoms with Crippen LogP contribution in [0.25, 0.3) is 0 Å². The van der Waals surface area contributed by atoms with Gasteiger partial charge in [-0.2, -0.15) is 0 Å². The Hall–Kier alpha value is -2.74. The quantitative estimate of drug-likeness (QED) is 0.712. The highest BCUT2D eigenvalue weighted by atomic mass is 14.5. The molecule has 0 spiro atoms. The summed E-state index contributed by atoms with van der Waals surface area (Å²) < 4.78 is 0. The zero-order valence-corrected chi connectivity index (χ0v) is 12.5. The second-order valence-electron chi connectivity index (χ2n) is 5.66. The lowest BCUT2D eigenvalue weighted by Gasteiger charge is -2.06. The van der Waals surface area contributed by atoms with Gasteiger partial charge in [-0.05, 0) is 59.4 Å². The molecule has 0 aliphatic rings. The fourth-order valence-corrected chi connectivity index (χ4v) is 2.65. The maximum absolute atomic E-state index is 5.82. The molecule has 22 heavy (non-hydrogen) atoms. The van der Waals surface area contributed by atoms with E-state index in [1.165, 1.54) is 22.3 Å². The third-order valence-corrected chi connectivity index (χ3v) is 3.74. The van der Waals surface area contributed by atoms with Gasteiger partial charge in [-0.3, -0.25) is 0 Å². The van der Waals surface area contributed by atoms with Crippen LogP contribution in [-0.2, 0) is 12.8 Å². The molecule has 4 N–H and O–H groups in total. The summed E-state index contributed by atoms with van der Waals surface area (Å²) >= 11 is 0. The normalized spacial score (nSPS) is 10.5. The molecule has 0 aliphatic carbocycles. The Morgan fingerprint density at radius 1 is 0.500 bits per heavy atom. The van der Waals surface area contributed by atoms with Gasteiger partial charge in [-0.1, -0.05) is 48.5 Å². The minimum atomic E-state index is 0.816. The maximum Gasteiger partial charge on any atom is 0.0316 e. The maximum atomic E-state index is 5.82. The van der Waals surface area contributed by atoms with E-state index >= 15 is 0 Å². The highest BCUT2D eigenvalue weighted by molar-refractivity contribution is 5.44. The monoisotopic (exact) mass is 288 g/mol. The van der Waals surface area contributed by atoms with Crippen molar-refractivity contribution in [1.29, 1.82) is 0 Å². The summed E-state index contributed by atoms with van der Waals surface area (Å²) in [6.45, 7) is 0. The van der Waals surface area contributed by atoms with E-state index in [2.05, 4.69) is 36.4 Å². The van der Waals surface area contributed by atoms with Crippen molar-refractivity contribution in [3.05, 3.63) is 95.1 Å². The van der Waals surface area contributed by atoms with Gasteiger partial charge in [-0.25, -0.2) is 0 Å². The zero-order valence-electron chi connectivity index (χ0n) is 12.5. The molecule has 0 heterocycles. The number of nitrogens with two attached hydrogens (primary N) is 2. The molecular weight excluding hydrogens is 268 g/mol. The van der Waals surface area contributed by atoms with Crippen molar-refractivity contribution >= 4 is 11.4 Å². The van der Waals surface area contributed by atoms with Crippen LogP contribution in [0.1, 0.15) is 22.3 Å². The first-order valence-electron chi connectivity index (χ1n) is 7.46. The lowest BCUT2D eigenvalue weighted by Crippen LogP contribution is -1.93. The van der Waals surface area contributed by atoms with Crippen LogP contribution in [0.4, 0.5) is 11.4 Å². The molecule has 0 fully saturated rings. The fraction of sp³-hybridized carbons (Fsp3) is 0.100. The van der Waals surface area contributed by atoms with Crippen LogP contribution in [0.2, 0.25) is 0 Å². The predicted molar refractivity (Wildman–Crippen MR) is 93.8 cm³/mol. The highest BCUT2D eigenvalue weighted by Gasteiger charge is 2.00. The molecule has 110 valence electrons. The van der Waals surface area contributed by atoms with E-state index in [1.54, 1.807) is 0 Å². The first-order chi connectivity index (χ1) is 10.7. The average Bonchev–Trinajstić information content (AvgIpc) is 2.49. The Bertz CT molecular complexity index is 694. The number of anilines is 2. The Morgan fingerprint density at radius 3 is 1.27 bits per heavy atom. The van der Waals surface area contributed by atoms with E-state index in [4.69, 9.17) is 11.5 Å². The van der Waals surface area contributed by atoms with Gasteiger partial charge in [-0.15, -0.1) is 0 Å². The Balaban J connectivity index is 1.70. The van der Waals surface area contributed by atoms with E-state index in [0.717, 1.165) is 24.2 Å². The SMILES string of the molecule is Nc1cccc(Cc2ccc(Cc3cccc(N)c3)cc2)c1.